The number of carbonyl (C=O) groups is 1. The van der Waals surface area contributed by atoms with Crippen molar-refractivity contribution in [2.75, 3.05) is 31.1 Å². The molecule has 0 unspecified atom stereocenters. The summed E-state index contributed by atoms with van der Waals surface area (Å²) in [6, 6.07) is 15.9. The van der Waals surface area contributed by atoms with Crippen molar-refractivity contribution in [3.63, 3.8) is 0 Å². The van der Waals surface area contributed by atoms with E-state index in [0.29, 0.717) is 13.1 Å². The first-order valence-electron chi connectivity index (χ1n) is 9.19. The summed E-state index contributed by atoms with van der Waals surface area (Å²) in [5.41, 5.74) is 4.73. The van der Waals surface area contributed by atoms with Gasteiger partial charge in [0.2, 0.25) is 0 Å². The second-order valence-electron chi connectivity index (χ2n) is 7.09. The Morgan fingerprint density at radius 1 is 1.00 bits per heavy atom. The van der Waals surface area contributed by atoms with Crippen LogP contribution in [0.25, 0.3) is 10.9 Å². The molecular formula is C22H22ClN3O. The Morgan fingerprint density at radius 2 is 1.78 bits per heavy atom. The lowest BCUT2D eigenvalue weighted by molar-refractivity contribution is 0.0748. The normalized spacial score (nSPS) is 14.6. The number of amides is 1. The SMILES string of the molecule is Cc1ccc2nc(C)cc(C(=O)N3CCN(c4cccc(Cl)c4)CC3)c2c1. The van der Waals surface area contributed by atoms with Crippen LogP contribution in [0, 0.1) is 13.8 Å². The van der Waals surface area contributed by atoms with Gasteiger partial charge in [-0.05, 0) is 50.2 Å². The van der Waals surface area contributed by atoms with E-state index < -0.39 is 0 Å². The molecular weight excluding hydrogens is 358 g/mol. The van der Waals surface area contributed by atoms with Crippen LogP contribution in [0.3, 0.4) is 0 Å². The molecule has 0 atom stereocenters. The number of carbonyl (C=O) groups excluding carboxylic acids is 1. The van der Waals surface area contributed by atoms with E-state index in [2.05, 4.69) is 22.0 Å². The molecule has 2 aromatic carbocycles. The van der Waals surface area contributed by atoms with Gasteiger partial charge >= 0.3 is 0 Å². The van der Waals surface area contributed by atoms with Crippen LogP contribution in [0.2, 0.25) is 5.02 Å². The maximum atomic E-state index is 13.2. The maximum absolute atomic E-state index is 13.2. The lowest BCUT2D eigenvalue weighted by Gasteiger charge is -2.36. The summed E-state index contributed by atoms with van der Waals surface area (Å²) in [7, 11) is 0. The van der Waals surface area contributed by atoms with Crippen LogP contribution in [0.5, 0.6) is 0 Å². The fraction of sp³-hybridized carbons (Fsp3) is 0.273. The highest BCUT2D eigenvalue weighted by molar-refractivity contribution is 6.30. The standard InChI is InChI=1S/C22H22ClN3O/c1-15-6-7-21-19(12-15)20(13-16(2)24-21)22(27)26-10-8-25(9-11-26)18-5-3-4-17(23)14-18/h3-7,12-14H,8-11H2,1-2H3. The lowest BCUT2D eigenvalue weighted by atomic mass is 10.0. The van der Waals surface area contributed by atoms with E-state index in [-0.39, 0.29) is 5.91 Å². The number of hydrogen-bond acceptors (Lipinski definition) is 3. The molecule has 5 heteroatoms. The molecule has 4 rings (SSSR count). The highest BCUT2D eigenvalue weighted by atomic mass is 35.5. The third kappa shape index (κ3) is 3.62. The van der Waals surface area contributed by atoms with Crippen molar-refractivity contribution < 1.29 is 4.79 Å². The Labute approximate surface area is 164 Å². The monoisotopic (exact) mass is 379 g/mol. The summed E-state index contributed by atoms with van der Waals surface area (Å²) in [5.74, 6) is 0.0850. The molecule has 0 aliphatic carbocycles. The molecule has 3 aromatic rings. The van der Waals surface area contributed by atoms with Gasteiger partial charge in [-0.1, -0.05) is 29.3 Å². The summed E-state index contributed by atoms with van der Waals surface area (Å²) >= 11 is 6.11. The van der Waals surface area contributed by atoms with Crippen LogP contribution < -0.4 is 4.90 Å². The predicted octanol–water partition coefficient (Wildman–Crippen LogP) is 4.47. The van der Waals surface area contributed by atoms with Crippen LogP contribution in [0.4, 0.5) is 5.69 Å². The van der Waals surface area contributed by atoms with Crippen molar-refractivity contribution in [1.29, 1.82) is 0 Å². The molecule has 0 saturated carbocycles. The van der Waals surface area contributed by atoms with Gasteiger partial charge in [-0.15, -0.1) is 0 Å². The number of rotatable bonds is 2. The third-order valence-corrected chi connectivity index (χ3v) is 5.30. The zero-order valence-corrected chi connectivity index (χ0v) is 16.3. The van der Waals surface area contributed by atoms with Gasteiger partial charge in [0.15, 0.2) is 0 Å². The summed E-state index contributed by atoms with van der Waals surface area (Å²) < 4.78 is 0. The number of fused-ring (bicyclic) bond motifs is 1. The van der Waals surface area contributed by atoms with E-state index in [1.54, 1.807) is 0 Å². The molecule has 0 N–H and O–H groups in total. The van der Waals surface area contributed by atoms with Gasteiger partial charge in [0.05, 0.1) is 11.1 Å². The number of hydrogen-bond donors (Lipinski definition) is 0. The summed E-state index contributed by atoms with van der Waals surface area (Å²) in [4.78, 5) is 22.0. The smallest absolute Gasteiger partial charge is 0.254 e. The molecule has 0 radical (unpaired) electrons. The van der Waals surface area contributed by atoms with Gasteiger partial charge in [-0.25, -0.2) is 0 Å². The number of halogens is 1. The number of benzene rings is 2. The molecule has 1 aliphatic rings. The van der Waals surface area contributed by atoms with E-state index in [1.165, 1.54) is 0 Å². The number of aromatic nitrogens is 1. The second kappa shape index (κ2) is 7.20. The Hall–Kier alpha value is -2.59. The molecule has 2 heterocycles. The van der Waals surface area contributed by atoms with Crippen LogP contribution >= 0.6 is 11.6 Å². The minimum Gasteiger partial charge on any atom is -0.368 e. The average molecular weight is 380 g/mol. The van der Waals surface area contributed by atoms with E-state index in [4.69, 9.17) is 11.6 Å². The number of nitrogens with zero attached hydrogens (tertiary/aromatic N) is 3. The van der Waals surface area contributed by atoms with Crippen molar-refractivity contribution in [3.8, 4) is 0 Å². The topological polar surface area (TPSA) is 36.4 Å². The van der Waals surface area contributed by atoms with E-state index in [1.807, 2.05) is 55.1 Å². The molecule has 1 fully saturated rings. The van der Waals surface area contributed by atoms with Gasteiger partial charge in [0.25, 0.3) is 5.91 Å². The molecule has 4 nitrogen and oxygen atoms in total. The molecule has 0 bridgehead atoms. The van der Waals surface area contributed by atoms with Crippen molar-refractivity contribution in [3.05, 3.63) is 70.4 Å². The number of aryl methyl sites for hydroxylation is 2. The summed E-state index contributed by atoms with van der Waals surface area (Å²) in [6.07, 6.45) is 0. The van der Waals surface area contributed by atoms with E-state index in [0.717, 1.165) is 51.5 Å². The zero-order valence-electron chi connectivity index (χ0n) is 15.6. The van der Waals surface area contributed by atoms with Crippen molar-refractivity contribution in [2.45, 2.75) is 13.8 Å². The van der Waals surface area contributed by atoms with Gasteiger partial charge < -0.3 is 9.80 Å². The van der Waals surface area contributed by atoms with E-state index >= 15 is 0 Å². The fourth-order valence-electron chi connectivity index (χ4n) is 3.66. The zero-order chi connectivity index (χ0) is 19.0. The Kier molecular flexibility index (Phi) is 4.75. The van der Waals surface area contributed by atoms with Crippen molar-refractivity contribution >= 4 is 34.1 Å². The molecule has 1 saturated heterocycles. The Balaban J connectivity index is 1.56. The highest BCUT2D eigenvalue weighted by Crippen LogP contribution is 2.24. The average Bonchev–Trinajstić information content (AvgIpc) is 2.67. The first-order chi connectivity index (χ1) is 13.0. The first kappa shape index (κ1) is 17.8. The van der Waals surface area contributed by atoms with Crippen LogP contribution in [-0.2, 0) is 0 Å². The first-order valence-corrected chi connectivity index (χ1v) is 9.57. The summed E-state index contributed by atoms with van der Waals surface area (Å²) in [5, 5.41) is 1.67. The fourth-order valence-corrected chi connectivity index (χ4v) is 3.84. The molecule has 1 aliphatic heterocycles. The van der Waals surface area contributed by atoms with Crippen LogP contribution in [-0.4, -0.2) is 42.0 Å². The Bertz CT molecular complexity index is 1010. The summed E-state index contributed by atoms with van der Waals surface area (Å²) in [6.45, 7) is 6.96. The lowest BCUT2D eigenvalue weighted by Crippen LogP contribution is -2.48. The van der Waals surface area contributed by atoms with Crippen LogP contribution in [0.1, 0.15) is 21.6 Å². The quantitative estimate of drug-likeness (QED) is 0.659. The second-order valence-corrected chi connectivity index (χ2v) is 7.53. The molecule has 27 heavy (non-hydrogen) atoms. The minimum absolute atomic E-state index is 0.0850. The van der Waals surface area contributed by atoms with Crippen LogP contribution in [0.15, 0.2) is 48.5 Å². The van der Waals surface area contributed by atoms with Crippen molar-refractivity contribution in [2.24, 2.45) is 0 Å². The third-order valence-electron chi connectivity index (χ3n) is 5.06. The number of anilines is 1. The number of piperazine rings is 1. The van der Waals surface area contributed by atoms with Gasteiger partial charge in [-0.3, -0.25) is 9.78 Å². The van der Waals surface area contributed by atoms with Gasteiger partial charge in [0, 0.05) is 48.0 Å². The Morgan fingerprint density at radius 3 is 2.52 bits per heavy atom. The van der Waals surface area contributed by atoms with E-state index in [9.17, 15) is 4.79 Å². The molecule has 0 spiro atoms. The van der Waals surface area contributed by atoms with Gasteiger partial charge in [0.1, 0.15) is 0 Å². The highest BCUT2D eigenvalue weighted by Gasteiger charge is 2.24. The molecule has 1 aromatic heterocycles. The predicted molar refractivity (Wildman–Crippen MR) is 111 cm³/mol. The number of pyridine rings is 1. The van der Waals surface area contributed by atoms with Crippen molar-refractivity contribution in [1.82, 2.24) is 9.88 Å². The largest absolute Gasteiger partial charge is 0.368 e. The molecule has 138 valence electrons. The molecule has 1 amide bonds. The van der Waals surface area contributed by atoms with Gasteiger partial charge in [-0.2, -0.15) is 0 Å². The maximum Gasteiger partial charge on any atom is 0.254 e. The minimum atomic E-state index is 0.0850.